The summed E-state index contributed by atoms with van der Waals surface area (Å²) in [7, 11) is -3.71. The molecule has 2 rings (SSSR count). The number of thioether (sulfide) groups is 1. The molecule has 0 spiro atoms. The second-order valence-electron chi connectivity index (χ2n) is 5.26. The lowest BCUT2D eigenvalue weighted by atomic mass is 10.1. The van der Waals surface area contributed by atoms with Crippen molar-refractivity contribution in [1.82, 2.24) is 4.98 Å². The van der Waals surface area contributed by atoms with Crippen molar-refractivity contribution >= 4 is 28.1 Å². The van der Waals surface area contributed by atoms with Crippen LogP contribution in [0.3, 0.4) is 0 Å². The fourth-order valence-corrected chi connectivity index (χ4v) is 3.36. The van der Waals surface area contributed by atoms with Gasteiger partial charge in [0, 0.05) is 22.9 Å². The van der Waals surface area contributed by atoms with E-state index in [4.69, 9.17) is 5.14 Å². The van der Waals surface area contributed by atoms with Gasteiger partial charge in [-0.25, -0.2) is 13.6 Å². The van der Waals surface area contributed by atoms with Gasteiger partial charge in [-0.05, 0) is 37.6 Å². The first kappa shape index (κ1) is 16.7. The number of carbonyl (C=O) groups excluding carboxylic acids is 1. The Balaban J connectivity index is 2.43. The third kappa shape index (κ3) is 3.94. The van der Waals surface area contributed by atoms with Crippen molar-refractivity contribution in [2.75, 3.05) is 0 Å². The molecule has 5 nitrogen and oxygen atoms in total. The van der Waals surface area contributed by atoms with E-state index < -0.39 is 14.8 Å². The predicted octanol–water partition coefficient (Wildman–Crippen LogP) is 2.47. The molecule has 0 radical (unpaired) electrons. The number of rotatable bonds is 5. The molecule has 1 aromatic heterocycles. The number of aromatic nitrogens is 1. The van der Waals surface area contributed by atoms with Gasteiger partial charge in [0.05, 0.1) is 9.64 Å². The molecule has 0 atom stereocenters. The zero-order chi connectivity index (χ0) is 16.4. The Bertz CT molecular complexity index is 785. The molecular weight excluding hydrogens is 320 g/mol. The average Bonchev–Trinajstić information content (AvgIpc) is 2.47. The maximum atomic E-state index is 11.3. The number of aldehydes is 1. The Morgan fingerprint density at radius 2 is 1.82 bits per heavy atom. The molecule has 1 aromatic carbocycles. The molecule has 2 N–H and O–H groups in total. The van der Waals surface area contributed by atoms with Crippen LogP contribution in [0.2, 0.25) is 0 Å². The van der Waals surface area contributed by atoms with E-state index in [2.05, 4.69) is 4.98 Å². The van der Waals surface area contributed by atoms with Crippen LogP contribution in [0.1, 0.15) is 13.8 Å². The van der Waals surface area contributed by atoms with E-state index in [1.807, 2.05) is 19.9 Å². The lowest BCUT2D eigenvalue weighted by molar-refractivity contribution is -0.109. The lowest BCUT2D eigenvalue weighted by Crippen LogP contribution is -2.15. The van der Waals surface area contributed by atoms with E-state index in [1.54, 1.807) is 24.5 Å². The van der Waals surface area contributed by atoms with Crippen LogP contribution in [0, 0.1) is 0 Å². The van der Waals surface area contributed by atoms with E-state index in [1.165, 1.54) is 23.9 Å². The van der Waals surface area contributed by atoms with Crippen molar-refractivity contribution in [3.63, 3.8) is 0 Å². The van der Waals surface area contributed by atoms with Gasteiger partial charge < -0.3 is 4.79 Å². The van der Waals surface area contributed by atoms with Crippen LogP contribution >= 0.6 is 11.8 Å². The minimum Gasteiger partial charge on any atom is -0.302 e. The van der Waals surface area contributed by atoms with Gasteiger partial charge in [-0.3, -0.25) is 4.98 Å². The zero-order valence-corrected chi connectivity index (χ0v) is 13.8. The predicted molar refractivity (Wildman–Crippen MR) is 87.0 cm³/mol. The van der Waals surface area contributed by atoms with Gasteiger partial charge in [-0.2, -0.15) is 0 Å². The molecule has 0 fully saturated rings. The number of pyridine rings is 1. The minimum atomic E-state index is -3.71. The normalized spacial score (nSPS) is 12.1. The quantitative estimate of drug-likeness (QED) is 0.669. The topological polar surface area (TPSA) is 90.1 Å². The van der Waals surface area contributed by atoms with E-state index in [0.717, 1.165) is 22.3 Å². The molecule has 22 heavy (non-hydrogen) atoms. The molecule has 0 aliphatic carbocycles. The summed E-state index contributed by atoms with van der Waals surface area (Å²) in [4.78, 5) is 16.2. The van der Waals surface area contributed by atoms with Gasteiger partial charge >= 0.3 is 0 Å². The van der Waals surface area contributed by atoms with E-state index in [-0.39, 0.29) is 4.90 Å². The largest absolute Gasteiger partial charge is 0.302 e. The third-order valence-electron chi connectivity index (χ3n) is 2.93. The first-order chi connectivity index (χ1) is 10.2. The molecular formula is C15H16N2O3S2. The average molecular weight is 336 g/mol. The molecule has 0 aliphatic rings. The highest BCUT2D eigenvalue weighted by Gasteiger charge is 2.20. The van der Waals surface area contributed by atoms with Gasteiger partial charge in [0.15, 0.2) is 0 Å². The van der Waals surface area contributed by atoms with Gasteiger partial charge in [0.1, 0.15) is 6.29 Å². The van der Waals surface area contributed by atoms with Crippen LogP contribution in [0.15, 0.2) is 52.5 Å². The van der Waals surface area contributed by atoms with E-state index in [0.29, 0.717) is 0 Å². The highest BCUT2D eigenvalue weighted by molar-refractivity contribution is 8.01. The molecule has 7 heteroatoms. The number of nitrogens with two attached hydrogens (primary N) is 1. The van der Waals surface area contributed by atoms with Crippen molar-refractivity contribution in [3.05, 3.63) is 42.7 Å². The molecule has 0 amide bonds. The number of sulfonamides is 1. The van der Waals surface area contributed by atoms with E-state index >= 15 is 0 Å². The summed E-state index contributed by atoms with van der Waals surface area (Å²) in [5.74, 6) is 0. The van der Waals surface area contributed by atoms with Crippen molar-refractivity contribution in [1.29, 1.82) is 0 Å². The summed E-state index contributed by atoms with van der Waals surface area (Å²) in [5, 5.41) is 5.09. The summed E-state index contributed by atoms with van der Waals surface area (Å²) in [6.45, 7) is 3.66. The molecule has 0 saturated heterocycles. The van der Waals surface area contributed by atoms with Crippen LogP contribution in [0.5, 0.6) is 0 Å². The number of carbonyl (C=O) groups is 1. The highest BCUT2D eigenvalue weighted by Crippen LogP contribution is 2.37. The van der Waals surface area contributed by atoms with Crippen LogP contribution < -0.4 is 5.14 Å². The summed E-state index contributed by atoms with van der Waals surface area (Å²) < 4.78 is 22.0. The maximum Gasteiger partial charge on any atom is 0.238 e. The fraction of sp³-hybridized carbons (Fsp3) is 0.200. The second kappa shape index (κ2) is 6.20. The monoisotopic (exact) mass is 336 g/mol. The summed E-state index contributed by atoms with van der Waals surface area (Å²) in [6.07, 6.45) is 4.24. The SMILES string of the molecule is CC(C)(C=O)Sc1ccncc1-c1ccc(S(N)(=O)=O)cc1. The molecule has 0 aliphatic heterocycles. The molecule has 0 unspecified atom stereocenters. The smallest absolute Gasteiger partial charge is 0.238 e. The number of hydrogen-bond acceptors (Lipinski definition) is 5. The van der Waals surface area contributed by atoms with Gasteiger partial charge in [-0.15, -0.1) is 11.8 Å². The summed E-state index contributed by atoms with van der Waals surface area (Å²) >= 11 is 1.43. The Morgan fingerprint density at radius 1 is 1.18 bits per heavy atom. The molecule has 0 bridgehead atoms. The van der Waals surface area contributed by atoms with Crippen LogP contribution in [0.4, 0.5) is 0 Å². The van der Waals surface area contributed by atoms with Crippen LogP contribution in [-0.4, -0.2) is 24.4 Å². The van der Waals surface area contributed by atoms with Crippen molar-refractivity contribution in [2.24, 2.45) is 5.14 Å². The second-order valence-corrected chi connectivity index (χ2v) is 8.52. The molecule has 1 heterocycles. The Labute approximate surface area is 134 Å². The van der Waals surface area contributed by atoms with Gasteiger partial charge in [-0.1, -0.05) is 12.1 Å². The van der Waals surface area contributed by atoms with Crippen molar-refractivity contribution in [2.45, 2.75) is 28.4 Å². The Kier molecular flexibility index (Phi) is 4.69. The van der Waals surface area contributed by atoms with Crippen LogP contribution in [-0.2, 0) is 14.8 Å². The number of nitrogens with zero attached hydrogens (tertiary/aromatic N) is 1. The van der Waals surface area contributed by atoms with Crippen molar-refractivity contribution < 1.29 is 13.2 Å². The number of hydrogen-bond donors (Lipinski definition) is 1. The van der Waals surface area contributed by atoms with Gasteiger partial charge in [0.25, 0.3) is 0 Å². The molecule has 116 valence electrons. The summed E-state index contributed by atoms with van der Waals surface area (Å²) in [6, 6.07) is 8.09. The highest BCUT2D eigenvalue weighted by atomic mass is 32.2. The number of benzene rings is 1. The maximum absolute atomic E-state index is 11.3. The third-order valence-corrected chi connectivity index (χ3v) is 5.06. The van der Waals surface area contributed by atoms with Crippen LogP contribution in [0.25, 0.3) is 11.1 Å². The zero-order valence-electron chi connectivity index (χ0n) is 12.2. The summed E-state index contributed by atoms with van der Waals surface area (Å²) in [5.41, 5.74) is 1.65. The Hall–Kier alpha value is -1.70. The minimum absolute atomic E-state index is 0.0579. The Morgan fingerprint density at radius 3 is 2.36 bits per heavy atom. The first-order valence-corrected chi connectivity index (χ1v) is 8.82. The standard InChI is InChI=1S/C15H16N2O3S2/c1-15(2,10-18)21-14-7-8-17-9-13(14)11-3-5-12(6-4-11)22(16,19)20/h3-10H,1-2H3,(H2,16,19,20). The van der Waals surface area contributed by atoms with E-state index in [9.17, 15) is 13.2 Å². The number of primary sulfonamides is 1. The fourth-order valence-electron chi connectivity index (χ4n) is 1.82. The van der Waals surface area contributed by atoms with Gasteiger partial charge in [0.2, 0.25) is 10.0 Å². The lowest BCUT2D eigenvalue weighted by Gasteiger charge is -2.18. The molecule has 2 aromatic rings. The molecule has 0 saturated carbocycles. The van der Waals surface area contributed by atoms with Crippen molar-refractivity contribution in [3.8, 4) is 11.1 Å². The first-order valence-electron chi connectivity index (χ1n) is 6.45.